The second kappa shape index (κ2) is 6.04. The van der Waals surface area contributed by atoms with Crippen molar-refractivity contribution in [3.63, 3.8) is 0 Å². The molecule has 1 aliphatic heterocycles. The molecule has 0 radical (unpaired) electrons. The van der Waals surface area contributed by atoms with E-state index in [-0.39, 0.29) is 15.7 Å². The number of aromatic carboxylic acids is 1. The van der Waals surface area contributed by atoms with Crippen molar-refractivity contribution in [1.82, 2.24) is 4.31 Å². The Labute approximate surface area is 128 Å². The second-order valence-corrected chi connectivity index (χ2v) is 8.48. The SMILES string of the molecule is Cc1sc(C(=O)O)cc1S(=O)(=O)N1CCC(C(C)O)CC1. The van der Waals surface area contributed by atoms with Crippen LogP contribution in [0.15, 0.2) is 11.0 Å². The summed E-state index contributed by atoms with van der Waals surface area (Å²) in [4.78, 5) is 11.6. The number of carboxylic acid groups (broad SMARTS) is 1. The highest BCUT2D eigenvalue weighted by Crippen LogP contribution is 2.31. The molecule has 2 heterocycles. The van der Waals surface area contributed by atoms with Crippen molar-refractivity contribution in [2.24, 2.45) is 5.92 Å². The largest absolute Gasteiger partial charge is 0.477 e. The van der Waals surface area contributed by atoms with E-state index in [0.29, 0.717) is 30.8 Å². The zero-order chi connectivity index (χ0) is 15.8. The summed E-state index contributed by atoms with van der Waals surface area (Å²) in [6.07, 6.45) is 0.800. The minimum atomic E-state index is -3.66. The summed E-state index contributed by atoms with van der Waals surface area (Å²) >= 11 is 0.973. The minimum absolute atomic E-state index is 0.0324. The zero-order valence-corrected chi connectivity index (χ0v) is 13.6. The van der Waals surface area contributed by atoms with Crippen molar-refractivity contribution < 1.29 is 23.4 Å². The van der Waals surface area contributed by atoms with E-state index in [1.807, 2.05) is 0 Å². The number of thiophene rings is 1. The van der Waals surface area contributed by atoms with E-state index in [4.69, 9.17) is 5.11 Å². The molecular weight excluding hydrogens is 314 g/mol. The summed E-state index contributed by atoms with van der Waals surface area (Å²) in [7, 11) is -3.66. The van der Waals surface area contributed by atoms with Crippen LogP contribution in [0.4, 0.5) is 0 Å². The molecule has 1 unspecified atom stereocenters. The minimum Gasteiger partial charge on any atom is -0.477 e. The molecule has 0 amide bonds. The molecule has 2 rings (SSSR count). The Morgan fingerprint density at radius 2 is 2.00 bits per heavy atom. The Kier molecular flexibility index (Phi) is 4.72. The molecule has 1 fully saturated rings. The van der Waals surface area contributed by atoms with Crippen molar-refractivity contribution >= 4 is 27.3 Å². The highest BCUT2D eigenvalue weighted by molar-refractivity contribution is 7.89. The number of aliphatic hydroxyl groups is 1. The molecule has 0 aliphatic carbocycles. The van der Waals surface area contributed by atoms with Gasteiger partial charge in [-0.25, -0.2) is 13.2 Å². The maximum absolute atomic E-state index is 12.6. The third-order valence-electron chi connectivity index (χ3n) is 3.88. The fourth-order valence-electron chi connectivity index (χ4n) is 2.56. The van der Waals surface area contributed by atoms with Gasteiger partial charge in [0.1, 0.15) is 4.88 Å². The third kappa shape index (κ3) is 3.28. The Bertz CT molecular complexity index is 627. The van der Waals surface area contributed by atoms with Crippen LogP contribution in [0.25, 0.3) is 0 Å². The number of piperidine rings is 1. The highest BCUT2D eigenvalue weighted by Gasteiger charge is 2.33. The molecule has 1 aromatic rings. The molecule has 118 valence electrons. The predicted molar refractivity (Wildman–Crippen MR) is 79.2 cm³/mol. The molecule has 1 aromatic heterocycles. The number of hydrogen-bond acceptors (Lipinski definition) is 5. The number of aryl methyl sites for hydroxylation is 1. The van der Waals surface area contributed by atoms with Crippen molar-refractivity contribution in [3.05, 3.63) is 15.8 Å². The predicted octanol–water partition coefficient (Wildman–Crippen LogP) is 1.54. The molecule has 2 N–H and O–H groups in total. The zero-order valence-electron chi connectivity index (χ0n) is 11.9. The van der Waals surface area contributed by atoms with Gasteiger partial charge in [-0.2, -0.15) is 4.31 Å². The van der Waals surface area contributed by atoms with Crippen LogP contribution in [0.3, 0.4) is 0 Å². The molecule has 1 aliphatic rings. The number of nitrogens with zero attached hydrogens (tertiary/aromatic N) is 1. The Morgan fingerprint density at radius 1 is 1.43 bits per heavy atom. The van der Waals surface area contributed by atoms with Crippen LogP contribution < -0.4 is 0 Å². The number of rotatable bonds is 4. The van der Waals surface area contributed by atoms with Crippen molar-refractivity contribution in [1.29, 1.82) is 0 Å². The molecule has 0 bridgehead atoms. The van der Waals surface area contributed by atoms with Crippen LogP contribution in [0.2, 0.25) is 0 Å². The lowest BCUT2D eigenvalue weighted by atomic mass is 9.93. The fraction of sp³-hybridized carbons (Fsp3) is 0.615. The van der Waals surface area contributed by atoms with Crippen molar-refractivity contribution in [3.8, 4) is 0 Å². The number of hydrogen-bond donors (Lipinski definition) is 2. The van der Waals surface area contributed by atoms with E-state index < -0.39 is 22.1 Å². The van der Waals surface area contributed by atoms with Gasteiger partial charge in [-0.1, -0.05) is 0 Å². The van der Waals surface area contributed by atoms with Crippen molar-refractivity contribution in [2.75, 3.05) is 13.1 Å². The number of carbonyl (C=O) groups is 1. The molecule has 6 nitrogen and oxygen atoms in total. The fourth-order valence-corrected chi connectivity index (χ4v) is 5.43. The van der Waals surface area contributed by atoms with Gasteiger partial charge in [0.05, 0.1) is 11.0 Å². The van der Waals surface area contributed by atoms with Crippen LogP contribution in [0.1, 0.15) is 34.3 Å². The topological polar surface area (TPSA) is 94.9 Å². The second-order valence-electron chi connectivity index (χ2n) is 5.32. The molecule has 0 aromatic carbocycles. The van der Waals surface area contributed by atoms with Crippen LogP contribution in [-0.4, -0.2) is 48.1 Å². The van der Waals surface area contributed by atoms with E-state index >= 15 is 0 Å². The van der Waals surface area contributed by atoms with Gasteiger partial charge in [-0.3, -0.25) is 0 Å². The Balaban J connectivity index is 2.21. The van der Waals surface area contributed by atoms with Gasteiger partial charge in [0.25, 0.3) is 0 Å². The van der Waals surface area contributed by atoms with Gasteiger partial charge in [0.15, 0.2) is 0 Å². The third-order valence-corrected chi connectivity index (χ3v) is 7.07. The smallest absolute Gasteiger partial charge is 0.345 e. The molecule has 8 heteroatoms. The maximum atomic E-state index is 12.6. The summed E-state index contributed by atoms with van der Waals surface area (Å²) in [6, 6.07) is 1.23. The van der Waals surface area contributed by atoms with Gasteiger partial charge in [0.2, 0.25) is 10.0 Å². The molecular formula is C13H19NO5S2. The number of carboxylic acids is 1. The molecule has 21 heavy (non-hydrogen) atoms. The van der Waals surface area contributed by atoms with E-state index in [0.717, 1.165) is 11.3 Å². The summed E-state index contributed by atoms with van der Waals surface area (Å²) in [5.41, 5.74) is 0. The first-order valence-corrected chi connectivity index (χ1v) is 9.01. The van der Waals surface area contributed by atoms with Crippen LogP contribution in [-0.2, 0) is 10.0 Å². The summed E-state index contributed by atoms with van der Waals surface area (Å²) in [5.74, 6) is -0.994. The normalized spacial score (nSPS) is 19.6. The van der Waals surface area contributed by atoms with Gasteiger partial charge in [-0.15, -0.1) is 11.3 Å². The van der Waals surface area contributed by atoms with Crippen LogP contribution >= 0.6 is 11.3 Å². The number of aliphatic hydroxyl groups excluding tert-OH is 1. The Hall–Kier alpha value is -0.960. The van der Waals surface area contributed by atoms with E-state index in [1.54, 1.807) is 13.8 Å². The summed E-state index contributed by atoms with van der Waals surface area (Å²) < 4.78 is 26.6. The average Bonchev–Trinajstić information content (AvgIpc) is 2.82. The monoisotopic (exact) mass is 333 g/mol. The van der Waals surface area contributed by atoms with Crippen LogP contribution in [0, 0.1) is 12.8 Å². The van der Waals surface area contributed by atoms with E-state index in [9.17, 15) is 18.3 Å². The first-order chi connectivity index (χ1) is 9.73. The maximum Gasteiger partial charge on any atom is 0.345 e. The molecule has 0 saturated carbocycles. The summed E-state index contributed by atoms with van der Waals surface area (Å²) in [6.45, 7) is 4.05. The Morgan fingerprint density at radius 3 is 2.43 bits per heavy atom. The first kappa shape index (κ1) is 16.4. The molecule has 1 atom stereocenters. The average molecular weight is 333 g/mol. The lowest BCUT2D eigenvalue weighted by molar-refractivity contribution is 0.0702. The standard InChI is InChI=1S/C13H19NO5S2/c1-8(15)10-3-5-14(6-4-10)21(18,19)12-7-11(13(16)17)20-9(12)2/h7-8,10,15H,3-6H2,1-2H3,(H,16,17). The van der Waals surface area contributed by atoms with E-state index in [2.05, 4.69) is 0 Å². The number of sulfonamides is 1. The van der Waals surface area contributed by atoms with Gasteiger partial charge in [-0.05, 0) is 38.7 Å². The first-order valence-electron chi connectivity index (χ1n) is 6.75. The quantitative estimate of drug-likeness (QED) is 0.871. The molecule has 1 saturated heterocycles. The lowest BCUT2D eigenvalue weighted by Crippen LogP contribution is -2.40. The van der Waals surface area contributed by atoms with Gasteiger partial charge < -0.3 is 10.2 Å². The lowest BCUT2D eigenvalue weighted by Gasteiger charge is -2.32. The van der Waals surface area contributed by atoms with Crippen LogP contribution in [0.5, 0.6) is 0 Å². The molecule has 0 spiro atoms. The van der Waals surface area contributed by atoms with Gasteiger partial charge >= 0.3 is 5.97 Å². The van der Waals surface area contributed by atoms with Crippen molar-refractivity contribution in [2.45, 2.75) is 37.7 Å². The van der Waals surface area contributed by atoms with Gasteiger partial charge in [0, 0.05) is 18.0 Å². The van der Waals surface area contributed by atoms with E-state index in [1.165, 1.54) is 10.4 Å². The summed E-state index contributed by atoms with van der Waals surface area (Å²) in [5, 5.41) is 18.5. The highest BCUT2D eigenvalue weighted by atomic mass is 32.2.